The van der Waals surface area contributed by atoms with Crippen LogP contribution < -0.4 is 10.9 Å². The van der Waals surface area contributed by atoms with Gasteiger partial charge in [-0.15, -0.1) is 11.3 Å². The second-order valence-electron chi connectivity index (χ2n) is 8.08. The summed E-state index contributed by atoms with van der Waals surface area (Å²) in [6.45, 7) is 2.44. The predicted molar refractivity (Wildman–Crippen MR) is 130 cm³/mol. The Morgan fingerprint density at radius 3 is 2.56 bits per heavy atom. The first-order valence-electron chi connectivity index (χ1n) is 10.3. The number of anilines is 1. The number of hydrogen-bond donors (Lipinski definition) is 1. The number of aromatic nitrogens is 1. The maximum Gasteiger partial charge on any atom is 0.259 e. The SMILES string of the molecule is CC(=O)Nc1cccc(-c2cn(C)c(=O)c3cc(C=C4CCN(S(C)(=O)=O)CC4)sc23)c1. The number of hydrogen-bond acceptors (Lipinski definition) is 5. The van der Waals surface area contributed by atoms with Crippen molar-refractivity contribution in [2.24, 2.45) is 7.05 Å². The minimum Gasteiger partial charge on any atom is -0.326 e. The Balaban J connectivity index is 1.73. The largest absolute Gasteiger partial charge is 0.326 e. The van der Waals surface area contributed by atoms with Crippen molar-refractivity contribution in [1.82, 2.24) is 8.87 Å². The number of carbonyl (C=O) groups is 1. The van der Waals surface area contributed by atoms with E-state index in [1.165, 1.54) is 23.1 Å². The van der Waals surface area contributed by atoms with Gasteiger partial charge in [-0.3, -0.25) is 9.59 Å². The summed E-state index contributed by atoms with van der Waals surface area (Å²) in [5.74, 6) is -0.139. The van der Waals surface area contributed by atoms with E-state index in [9.17, 15) is 18.0 Å². The number of carbonyl (C=O) groups excluding carboxylic acids is 1. The number of sulfonamides is 1. The molecule has 1 amide bonds. The standard InChI is InChI=1S/C23H25N3O4S2/c1-15(27)24-18-6-4-5-17(12-18)21-14-25(2)23(28)20-13-19(31-22(20)21)11-16-7-9-26(10-8-16)32(3,29)30/h4-6,11-14H,7-10H2,1-3H3,(H,24,27). The number of pyridine rings is 1. The third-order valence-electron chi connectivity index (χ3n) is 5.54. The molecular formula is C23H25N3O4S2. The van der Waals surface area contributed by atoms with Gasteiger partial charge in [0.2, 0.25) is 15.9 Å². The summed E-state index contributed by atoms with van der Waals surface area (Å²) < 4.78 is 27.5. The lowest BCUT2D eigenvalue weighted by molar-refractivity contribution is -0.114. The van der Waals surface area contributed by atoms with Crippen molar-refractivity contribution < 1.29 is 13.2 Å². The number of amides is 1. The van der Waals surface area contributed by atoms with Crippen LogP contribution in [0.4, 0.5) is 5.69 Å². The zero-order valence-electron chi connectivity index (χ0n) is 18.2. The Bertz CT molecular complexity index is 1390. The molecule has 1 aromatic carbocycles. The average Bonchev–Trinajstić information content (AvgIpc) is 3.14. The summed E-state index contributed by atoms with van der Waals surface area (Å²) in [5, 5.41) is 3.46. The topological polar surface area (TPSA) is 88.5 Å². The van der Waals surface area contributed by atoms with Gasteiger partial charge in [0.1, 0.15) is 0 Å². The number of piperidine rings is 1. The van der Waals surface area contributed by atoms with Crippen molar-refractivity contribution in [3.8, 4) is 11.1 Å². The van der Waals surface area contributed by atoms with Gasteiger partial charge in [-0.1, -0.05) is 17.7 Å². The van der Waals surface area contributed by atoms with Crippen molar-refractivity contribution in [2.75, 3.05) is 24.7 Å². The fourth-order valence-electron chi connectivity index (χ4n) is 3.97. The number of aryl methyl sites for hydroxylation is 1. The Kier molecular flexibility index (Phi) is 6.07. The molecule has 32 heavy (non-hydrogen) atoms. The highest BCUT2D eigenvalue weighted by atomic mass is 32.2. The van der Waals surface area contributed by atoms with Crippen LogP contribution in [0.5, 0.6) is 0 Å². The molecular weight excluding hydrogens is 446 g/mol. The first-order valence-corrected chi connectivity index (χ1v) is 12.9. The zero-order chi connectivity index (χ0) is 23.0. The van der Waals surface area contributed by atoms with Gasteiger partial charge in [0, 0.05) is 54.1 Å². The summed E-state index contributed by atoms with van der Waals surface area (Å²) in [6, 6.07) is 9.49. The van der Waals surface area contributed by atoms with E-state index in [1.54, 1.807) is 23.0 Å². The molecule has 0 saturated carbocycles. The van der Waals surface area contributed by atoms with Gasteiger partial charge in [-0.2, -0.15) is 0 Å². The number of thiophene rings is 1. The highest BCUT2D eigenvalue weighted by molar-refractivity contribution is 7.88. The van der Waals surface area contributed by atoms with Crippen LogP contribution in [-0.4, -0.2) is 42.5 Å². The van der Waals surface area contributed by atoms with Gasteiger partial charge in [0.25, 0.3) is 5.56 Å². The molecule has 0 atom stereocenters. The third kappa shape index (κ3) is 4.69. The van der Waals surface area contributed by atoms with Crippen LogP contribution >= 0.6 is 11.3 Å². The van der Waals surface area contributed by atoms with Gasteiger partial charge in [0.05, 0.1) is 11.6 Å². The molecule has 1 N–H and O–H groups in total. The number of nitrogens with zero attached hydrogens (tertiary/aromatic N) is 2. The summed E-state index contributed by atoms with van der Waals surface area (Å²) >= 11 is 1.55. The van der Waals surface area contributed by atoms with E-state index >= 15 is 0 Å². The molecule has 168 valence electrons. The maximum absolute atomic E-state index is 12.8. The van der Waals surface area contributed by atoms with Gasteiger partial charge < -0.3 is 9.88 Å². The Morgan fingerprint density at radius 2 is 1.91 bits per heavy atom. The van der Waals surface area contributed by atoms with Crippen molar-refractivity contribution in [3.63, 3.8) is 0 Å². The maximum atomic E-state index is 12.8. The minimum absolute atomic E-state index is 0.0606. The van der Waals surface area contributed by atoms with E-state index < -0.39 is 10.0 Å². The van der Waals surface area contributed by atoms with Crippen molar-refractivity contribution >= 4 is 49.1 Å². The quantitative estimate of drug-likeness (QED) is 0.629. The van der Waals surface area contributed by atoms with E-state index in [-0.39, 0.29) is 11.5 Å². The molecule has 7 nitrogen and oxygen atoms in total. The van der Waals surface area contributed by atoms with Crippen molar-refractivity contribution in [1.29, 1.82) is 0 Å². The van der Waals surface area contributed by atoms with E-state index in [0.717, 1.165) is 20.7 Å². The molecule has 1 saturated heterocycles. The molecule has 0 spiro atoms. The molecule has 0 aliphatic carbocycles. The normalized spacial score (nSPS) is 15.2. The molecule has 1 aliphatic rings. The molecule has 2 aromatic heterocycles. The first kappa shape index (κ1) is 22.4. The van der Waals surface area contributed by atoms with Crippen LogP contribution in [0, 0.1) is 0 Å². The molecule has 1 fully saturated rings. The minimum atomic E-state index is -3.16. The summed E-state index contributed by atoms with van der Waals surface area (Å²) in [5.41, 5.74) is 3.67. The fourth-order valence-corrected chi connectivity index (χ4v) is 5.99. The Morgan fingerprint density at radius 1 is 1.19 bits per heavy atom. The number of fused-ring (bicyclic) bond motifs is 1. The van der Waals surface area contributed by atoms with Gasteiger partial charge in [0.15, 0.2) is 0 Å². The van der Waals surface area contributed by atoms with Crippen LogP contribution in [0.1, 0.15) is 24.6 Å². The molecule has 4 rings (SSSR count). The highest BCUT2D eigenvalue weighted by Crippen LogP contribution is 2.35. The van der Waals surface area contributed by atoms with E-state index in [4.69, 9.17) is 0 Å². The van der Waals surface area contributed by atoms with Gasteiger partial charge >= 0.3 is 0 Å². The Hall–Kier alpha value is -2.75. The van der Waals surface area contributed by atoms with Gasteiger partial charge in [-0.25, -0.2) is 12.7 Å². The summed E-state index contributed by atoms with van der Waals surface area (Å²) in [7, 11) is -1.43. The lowest BCUT2D eigenvalue weighted by atomic mass is 10.0. The lowest BCUT2D eigenvalue weighted by Crippen LogP contribution is -2.35. The molecule has 0 bridgehead atoms. The number of rotatable bonds is 4. The predicted octanol–water partition coefficient (Wildman–Crippen LogP) is 3.66. The average molecular weight is 472 g/mol. The molecule has 3 heterocycles. The smallest absolute Gasteiger partial charge is 0.259 e. The molecule has 0 radical (unpaired) electrons. The lowest BCUT2D eigenvalue weighted by Gasteiger charge is -2.26. The third-order valence-corrected chi connectivity index (χ3v) is 7.96. The van der Waals surface area contributed by atoms with Crippen LogP contribution in [0.2, 0.25) is 0 Å². The van der Waals surface area contributed by atoms with Crippen LogP contribution in [0.15, 0.2) is 46.9 Å². The van der Waals surface area contributed by atoms with E-state index in [2.05, 4.69) is 11.4 Å². The highest BCUT2D eigenvalue weighted by Gasteiger charge is 2.21. The van der Waals surface area contributed by atoms with E-state index in [1.807, 2.05) is 36.5 Å². The summed E-state index contributed by atoms with van der Waals surface area (Å²) in [4.78, 5) is 25.2. The molecule has 3 aromatic rings. The van der Waals surface area contributed by atoms with Crippen LogP contribution in [0.3, 0.4) is 0 Å². The van der Waals surface area contributed by atoms with Crippen molar-refractivity contribution in [2.45, 2.75) is 19.8 Å². The molecule has 1 aliphatic heterocycles. The van der Waals surface area contributed by atoms with Gasteiger partial charge in [-0.05, 0) is 42.7 Å². The second kappa shape index (κ2) is 8.65. The van der Waals surface area contributed by atoms with Crippen molar-refractivity contribution in [3.05, 3.63) is 57.3 Å². The monoisotopic (exact) mass is 471 g/mol. The second-order valence-corrected chi connectivity index (χ2v) is 11.1. The Labute approximate surface area is 191 Å². The molecule has 0 unspecified atom stereocenters. The summed E-state index contributed by atoms with van der Waals surface area (Å²) in [6.07, 6.45) is 6.53. The van der Waals surface area contributed by atoms with Crippen LogP contribution in [0.25, 0.3) is 27.3 Å². The van der Waals surface area contributed by atoms with Crippen LogP contribution in [-0.2, 0) is 21.9 Å². The fraction of sp³-hybridized carbons (Fsp3) is 0.304. The number of benzene rings is 1. The zero-order valence-corrected chi connectivity index (χ0v) is 19.8. The number of nitrogens with one attached hydrogen (secondary N) is 1. The molecule has 9 heteroatoms. The first-order chi connectivity index (χ1) is 15.1. The van der Waals surface area contributed by atoms with E-state index in [0.29, 0.717) is 37.0 Å².